The van der Waals surface area contributed by atoms with E-state index in [4.69, 9.17) is 4.52 Å². The maximum atomic E-state index is 12.1. The Kier molecular flexibility index (Phi) is 3.78. The van der Waals surface area contributed by atoms with Gasteiger partial charge in [0.25, 0.3) is 5.91 Å². The van der Waals surface area contributed by atoms with Crippen molar-refractivity contribution in [2.45, 2.75) is 18.8 Å². The second-order valence-corrected chi connectivity index (χ2v) is 5.13. The average molecular weight is 300 g/mol. The van der Waals surface area contributed by atoms with E-state index in [9.17, 15) is 9.59 Å². The Bertz CT molecular complexity index is 706. The normalized spacial score (nSPS) is 13.5. The highest BCUT2D eigenvalue weighted by Gasteiger charge is 2.28. The first-order valence-corrected chi connectivity index (χ1v) is 7.02. The van der Waals surface area contributed by atoms with Crippen molar-refractivity contribution < 1.29 is 14.1 Å². The molecule has 1 aliphatic rings. The minimum Gasteiger partial charge on any atom is -0.360 e. The summed E-state index contributed by atoms with van der Waals surface area (Å²) in [7, 11) is 1.53. The third-order valence-electron chi connectivity index (χ3n) is 3.35. The van der Waals surface area contributed by atoms with E-state index in [1.807, 2.05) is 0 Å². The smallest absolute Gasteiger partial charge is 0.318 e. The highest BCUT2D eigenvalue weighted by Crippen LogP contribution is 2.40. The van der Waals surface area contributed by atoms with Gasteiger partial charge in [0.15, 0.2) is 5.69 Å². The van der Waals surface area contributed by atoms with Gasteiger partial charge in [-0.15, -0.1) is 0 Å². The zero-order chi connectivity index (χ0) is 15.5. The van der Waals surface area contributed by atoms with Crippen LogP contribution >= 0.6 is 0 Å². The number of nitrogens with zero attached hydrogens (tertiary/aromatic N) is 1. The van der Waals surface area contributed by atoms with Crippen molar-refractivity contribution in [1.29, 1.82) is 0 Å². The molecule has 0 unspecified atom stereocenters. The first-order valence-electron chi connectivity index (χ1n) is 7.02. The van der Waals surface area contributed by atoms with Crippen LogP contribution in [0.2, 0.25) is 0 Å². The molecule has 0 spiro atoms. The summed E-state index contributed by atoms with van der Waals surface area (Å²) in [6.45, 7) is 0. The van der Waals surface area contributed by atoms with E-state index in [-0.39, 0.29) is 17.6 Å². The lowest BCUT2D eigenvalue weighted by Crippen LogP contribution is -2.24. The number of nitrogens with one attached hydrogen (secondary N) is 3. The third-order valence-corrected chi connectivity index (χ3v) is 3.35. The van der Waals surface area contributed by atoms with Crippen LogP contribution in [0.1, 0.15) is 35.0 Å². The number of hydrogen-bond donors (Lipinski definition) is 3. The molecule has 0 radical (unpaired) electrons. The molecule has 7 heteroatoms. The predicted octanol–water partition coefficient (Wildman–Crippen LogP) is 2.56. The van der Waals surface area contributed by atoms with Crippen molar-refractivity contribution in [3.63, 3.8) is 0 Å². The van der Waals surface area contributed by atoms with E-state index in [1.165, 1.54) is 7.05 Å². The minimum atomic E-state index is -0.340. The van der Waals surface area contributed by atoms with Crippen LogP contribution in [0.4, 0.5) is 16.2 Å². The standard InChI is InChI=1S/C15H16N4O3/c1-16-15(21)18-11-4-2-3-10(7-11)17-14(20)12-8-13(22-19-12)9-5-6-9/h2-4,7-9H,5-6H2,1H3,(H,17,20)(H2,16,18,21). The van der Waals surface area contributed by atoms with Crippen LogP contribution in [-0.2, 0) is 0 Å². The Morgan fingerprint density at radius 3 is 2.59 bits per heavy atom. The molecule has 0 bridgehead atoms. The number of aromatic nitrogens is 1. The van der Waals surface area contributed by atoms with E-state index < -0.39 is 0 Å². The lowest BCUT2D eigenvalue weighted by atomic mass is 10.2. The maximum absolute atomic E-state index is 12.1. The SMILES string of the molecule is CNC(=O)Nc1cccc(NC(=O)c2cc(C3CC3)on2)c1. The second-order valence-electron chi connectivity index (χ2n) is 5.13. The number of urea groups is 1. The molecule has 1 fully saturated rings. The average Bonchev–Trinajstić information content (AvgIpc) is 3.24. The van der Waals surface area contributed by atoms with Gasteiger partial charge in [-0.2, -0.15) is 0 Å². The molecule has 1 saturated carbocycles. The van der Waals surface area contributed by atoms with Crippen molar-refractivity contribution in [2.24, 2.45) is 0 Å². The fourth-order valence-corrected chi connectivity index (χ4v) is 2.02. The van der Waals surface area contributed by atoms with Gasteiger partial charge in [0, 0.05) is 30.4 Å². The number of anilines is 2. The van der Waals surface area contributed by atoms with Gasteiger partial charge in [0.05, 0.1) is 0 Å². The van der Waals surface area contributed by atoms with Gasteiger partial charge >= 0.3 is 6.03 Å². The molecule has 2 aromatic rings. The summed E-state index contributed by atoms with van der Waals surface area (Å²) >= 11 is 0. The van der Waals surface area contributed by atoms with Gasteiger partial charge < -0.3 is 20.5 Å². The fourth-order valence-electron chi connectivity index (χ4n) is 2.02. The molecule has 3 amide bonds. The van der Waals surface area contributed by atoms with Crippen LogP contribution in [0.25, 0.3) is 0 Å². The Balaban J connectivity index is 1.67. The van der Waals surface area contributed by atoms with E-state index in [0.29, 0.717) is 17.3 Å². The van der Waals surface area contributed by atoms with Gasteiger partial charge in [0.1, 0.15) is 5.76 Å². The molecule has 114 valence electrons. The summed E-state index contributed by atoms with van der Waals surface area (Å²) in [6.07, 6.45) is 2.17. The molecule has 3 rings (SSSR count). The summed E-state index contributed by atoms with van der Waals surface area (Å²) in [4.78, 5) is 23.4. The largest absolute Gasteiger partial charge is 0.360 e. The zero-order valence-electron chi connectivity index (χ0n) is 12.1. The first-order chi connectivity index (χ1) is 10.7. The fraction of sp³-hybridized carbons (Fsp3) is 0.267. The van der Waals surface area contributed by atoms with Crippen molar-refractivity contribution in [3.05, 3.63) is 41.8 Å². The number of benzene rings is 1. The van der Waals surface area contributed by atoms with E-state index in [1.54, 1.807) is 30.3 Å². The topological polar surface area (TPSA) is 96.3 Å². The molecule has 1 aromatic carbocycles. The number of rotatable bonds is 4. The molecule has 22 heavy (non-hydrogen) atoms. The third kappa shape index (κ3) is 3.25. The predicted molar refractivity (Wildman–Crippen MR) is 81.0 cm³/mol. The quantitative estimate of drug-likeness (QED) is 0.808. The number of hydrogen-bond acceptors (Lipinski definition) is 4. The first kappa shape index (κ1) is 14.1. The van der Waals surface area contributed by atoms with E-state index in [2.05, 4.69) is 21.1 Å². The lowest BCUT2D eigenvalue weighted by Gasteiger charge is -2.07. The molecule has 1 aromatic heterocycles. The lowest BCUT2D eigenvalue weighted by molar-refractivity contribution is 0.101. The summed E-state index contributed by atoms with van der Waals surface area (Å²) in [5.41, 5.74) is 1.40. The van der Waals surface area contributed by atoms with Gasteiger partial charge in [-0.25, -0.2) is 4.79 Å². The minimum absolute atomic E-state index is 0.256. The molecular weight excluding hydrogens is 284 g/mol. The maximum Gasteiger partial charge on any atom is 0.318 e. The molecule has 1 heterocycles. The van der Waals surface area contributed by atoms with Crippen LogP contribution in [0.5, 0.6) is 0 Å². The Morgan fingerprint density at radius 2 is 1.91 bits per heavy atom. The van der Waals surface area contributed by atoms with Crippen molar-refractivity contribution >= 4 is 23.3 Å². The Hall–Kier alpha value is -2.83. The number of amides is 3. The van der Waals surface area contributed by atoms with Gasteiger partial charge in [-0.1, -0.05) is 11.2 Å². The van der Waals surface area contributed by atoms with Crippen molar-refractivity contribution in [2.75, 3.05) is 17.7 Å². The number of carbonyl (C=O) groups is 2. The van der Waals surface area contributed by atoms with E-state index in [0.717, 1.165) is 18.6 Å². The monoisotopic (exact) mass is 300 g/mol. The highest BCUT2D eigenvalue weighted by molar-refractivity contribution is 6.03. The van der Waals surface area contributed by atoms with E-state index >= 15 is 0 Å². The number of carbonyl (C=O) groups excluding carboxylic acids is 2. The van der Waals surface area contributed by atoms with Gasteiger partial charge in [0.2, 0.25) is 0 Å². The molecule has 7 nitrogen and oxygen atoms in total. The molecule has 0 saturated heterocycles. The zero-order valence-corrected chi connectivity index (χ0v) is 12.1. The summed E-state index contributed by atoms with van der Waals surface area (Å²) in [5, 5.41) is 11.6. The molecule has 1 aliphatic carbocycles. The summed E-state index contributed by atoms with van der Waals surface area (Å²) in [6, 6.07) is 8.21. The van der Waals surface area contributed by atoms with Crippen molar-refractivity contribution in [1.82, 2.24) is 10.5 Å². The van der Waals surface area contributed by atoms with Gasteiger partial charge in [-0.3, -0.25) is 4.79 Å². The van der Waals surface area contributed by atoms with Crippen LogP contribution < -0.4 is 16.0 Å². The Labute approximate surface area is 127 Å². The second kappa shape index (κ2) is 5.88. The summed E-state index contributed by atoms with van der Waals surface area (Å²) in [5.74, 6) is 0.835. The Morgan fingerprint density at radius 1 is 1.18 bits per heavy atom. The van der Waals surface area contributed by atoms with Gasteiger partial charge in [-0.05, 0) is 31.0 Å². The molecular formula is C15H16N4O3. The van der Waals surface area contributed by atoms with Crippen LogP contribution in [0.3, 0.4) is 0 Å². The molecule has 3 N–H and O–H groups in total. The molecule has 0 atom stereocenters. The highest BCUT2D eigenvalue weighted by atomic mass is 16.5. The van der Waals surface area contributed by atoms with Crippen LogP contribution in [0, 0.1) is 0 Å². The molecule has 0 aliphatic heterocycles. The van der Waals surface area contributed by atoms with Crippen molar-refractivity contribution in [3.8, 4) is 0 Å². The summed E-state index contributed by atoms with van der Waals surface area (Å²) < 4.78 is 5.16. The van der Waals surface area contributed by atoms with Crippen LogP contribution in [-0.4, -0.2) is 24.1 Å². The van der Waals surface area contributed by atoms with Crippen LogP contribution in [0.15, 0.2) is 34.9 Å².